The summed E-state index contributed by atoms with van der Waals surface area (Å²) in [5.74, 6) is 0.724. The van der Waals surface area contributed by atoms with Crippen molar-refractivity contribution in [2.24, 2.45) is 5.92 Å². The molecule has 0 radical (unpaired) electrons. The lowest BCUT2D eigenvalue weighted by molar-refractivity contribution is -0.0969. The minimum absolute atomic E-state index is 0.0123. The molecule has 1 fully saturated rings. The smallest absolute Gasteiger partial charge is 0.0961 e. The Bertz CT molecular complexity index is 206. The van der Waals surface area contributed by atoms with Crippen molar-refractivity contribution in [2.45, 2.75) is 65.2 Å². The monoisotopic (exact) mass is 243 g/mol. The van der Waals surface area contributed by atoms with Gasteiger partial charge in [0.15, 0.2) is 0 Å². The van der Waals surface area contributed by atoms with Crippen LogP contribution < -0.4 is 0 Å². The van der Waals surface area contributed by atoms with Gasteiger partial charge in [-0.05, 0) is 26.2 Å². The highest BCUT2D eigenvalue weighted by Crippen LogP contribution is 2.16. The van der Waals surface area contributed by atoms with Crippen LogP contribution in [0.4, 0.5) is 0 Å². The summed E-state index contributed by atoms with van der Waals surface area (Å²) in [5.41, 5.74) is 0. The van der Waals surface area contributed by atoms with Crippen LogP contribution in [0.5, 0.6) is 0 Å². The van der Waals surface area contributed by atoms with Crippen LogP contribution in [-0.4, -0.2) is 48.0 Å². The molecule has 1 aliphatic rings. The molecule has 1 heterocycles. The number of aliphatic hydroxyl groups is 1. The highest BCUT2D eigenvalue weighted by molar-refractivity contribution is 4.79. The van der Waals surface area contributed by atoms with Crippen LogP contribution in [0.15, 0.2) is 0 Å². The number of morpholine rings is 1. The van der Waals surface area contributed by atoms with Crippen molar-refractivity contribution in [1.29, 1.82) is 0 Å². The van der Waals surface area contributed by atoms with E-state index in [9.17, 15) is 5.11 Å². The van der Waals surface area contributed by atoms with Gasteiger partial charge in [-0.25, -0.2) is 0 Å². The summed E-state index contributed by atoms with van der Waals surface area (Å²) in [4.78, 5) is 2.39. The maximum Gasteiger partial charge on any atom is 0.0961 e. The maximum atomic E-state index is 10.1. The number of nitrogens with zero attached hydrogens (tertiary/aromatic N) is 1. The minimum atomic E-state index is -0.296. The normalized spacial score (nSPS) is 24.5. The lowest BCUT2D eigenvalue weighted by Crippen LogP contribution is -2.50. The fourth-order valence-corrected chi connectivity index (χ4v) is 2.32. The van der Waals surface area contributed by atoms with Crippen molar-refractivity contribution in [3.63, 3.8) is 0 Å². The second kappa shape index (κ2) is 7.34. The molecule has 0 aromatic carbocycles. The molecule has 2 unspecified atom stereocenters. The highest BCUT2D eigenvalue weighted by atomic mass is 16.5. The molecule has 0 bridgehead atoms. The van der Waals surface area contributed by atoms with Gasteiger partial charge in [0.1, 0.15) is 0 Å². The fourth-order valence-electron chi connectivity index (χ4n) is 2.32. The first-order valence-electron chi connectivity index (χ1n) is 7.04. The predicted molar refractivity (Wildman–Crippen MR) is 71.1 cm³/mol. The molecule has 2 atom stereocenters. The molecular weight excluding hydrogens is 214 g/mol. The SMILES string of the molecule is CC(C)CCCC(O)C1CN(C(C)C)CCO1. The Kier molecular flexibility index (Phi) is 6.45. The molecule has 0 amide bonds. The molecule has 0 aromatic heterocycles. The van der Waals surface area contributed by atoms with Crippen molar-refractivity contribution < 1.29 is 9.84 Å². The molecule has 0 saturated carbocycles. The minimum Gasteiger partial charge on any atom is -0.390 e. The van der Waals surface area contributed by atoms with E-state index in [1.807, 2.05) is 0 Å². The topological polar surface area (TPSA) is 32.7 Å². The predicted octanol–water partition coefficient (Wildman–Crippen LogP) is 2.28. The lowest BCUT2D eigenvalue weighted by Gasteiger charge is -2.37. The average Bonchev–Trinajstić information content (AvgIpc) is 2.28. The van der Waals surface area contributed by atoms with Crippen LogP contribution in [0.1, 0.15) is 47.0 Å². The van der Waals surface area contributed by atoms with Crippen LogP contribution in [-0.2, 0) is 4.74 Å². The molecule has 1 N–H and O–H groups in total. The summed E-state index contributed by atoms with van der Waals surface area (Å²) in [6.45, 7) is 11.5. The molecule has 0 aliphatic carbocycles. The van der Waals surface area contributed by atoms with Gasteiger partial charge >= 0.3 is 0 Å². The molecule has 0 aromatic rings. The molecule has 1 saturated heterocycles. The Morgan fingerprint density at radius 1 is 1.24 bits per heavy atom. The molecule has 1 aliphatic heterocycles. The van der Waals surface area contributed by atoms with E-state index >= 15 is 0 Å². The van der Waals surface area contributed by atoms with Crippen LogP contribution in [0.25, 0.3) is 0 Å². The van der Waals surface area contributed by atoms with E-state index in [0.717, 1.165) is 38.5 Å². The molecule has 3 nitrogen and oxygen atoms in total. The number of rotatable bonds is 6. The third-order valence-electron chi connectivity index (χ3n) is 3.57. The first-order chi connectivity index (χ1) is 8.00. The van der Waals surface area contributed by atoms with Crippen molar-refractivity contribution in [3.05, 3.63) is 0 Å². The standard InChI is InChI=1S/C14H29NO2/c1-11(2)6-5-7-13(16)14-10-15(12(3)4)8-9-17-14/h11-14,16H,5-10H2,1-4H3. The van der Waals surface area contributed by atoms with Crippen molar-refractivity contribution in [2.75, 3.05) is 19.7 Å². The summed E-state index contributed by atoms with van der Waals surface area (Å²) >= 11 is 0. The molecular formula is C14H29NO2. The van der Waals surface area contributed by atoms with Gasteiger partial charge in [0.2, 0.25) is 0 Å². The number of aliphatic hydroxyl groups excluding tert-OH is 1. The zero-order chi connectivity index (χ0) is 12.8. The van der Waals surface area contributed by atoms with E-state index in [0.29, 0.717) is 6.04 Å². The summed E-state index contributed by atoms with van der Waals surface area (Å²) in [6.07, 6.45) is 2.88. The third-order valence-corrected chi connectivity index (χ3v) is 3.57. The number of hydrogen-bond donors (Lipinski definition) is 1. The number of ether oxygens (including phenoxy) is 1. The molecule has 1 rings (SSSR count). The van der Waals surface area contributed by atoms with Crippen LogP contribution in [0.2, 0.25) is 0 Å². The maximum absolute atomic E-state index is 10.1. The quantitative estimate of drug-likeness (QED) is 0.777. The number of hydrogen-bond acceptors (Lipinski definition) is 3. The molecule has 3 heteroatoms. The van der Waals surface area contributed by atoms with Gasteiger partial charge in [-0.1, -0.05) is 26.7 Å². The van der Waals surface area contributed by atoms with Crippen molar-refractivity contribution in [3.8, 4) is 0 Å². The van der Waals surface area contributed by atoms with Gasteiger partial charge in [0.25, 0.3) is 0 Å². The Labute approximate surface area is 106 Å². The Hall–Kier alpha value is -0.120. The Morgan fingerprint density at radius 3 is 2.53 bits per heavy atom. The second-order valence-corrected chi connectivity index (χ2v) is 5.89. The zero-order valence-electron chi connectivity index (χ0n) is 11.9. The van der Waals surface area contributed by atoms with E-state index in [-0.39, 0.29) is 12.2 Å². The van der Waals surface area contributed by atoms with Gasteiger partial charge in [0, 0.05) is 19.1 Å². The van der Waals surface area contributed by atoms with Crippen LogP contribution in [0.3, 0.4) is 0 Å². The van der Waals surface area contributed by atoms with Crippen molar-refractivity contribution >= 4 is 0 Å². The fraction of sp³-hybridized carbons (Fsp3) is 1.00. The summed E-state index contributed by atoms with van der Waals surface area (Å²) in [5, 5.41) is 10.1. The van der Waals surface area contributed by atoms with Gasteiger partial charge in [0.05, 0.1) is 18.8 Å². The van der Waals surface area contributed by atoms with E-state index in [2.05, 4.69) is 32.6 Å². The van der Waals surface area contributed by atoms with E-state index in [1.54, 1.807) is 0 Å². The largest absolute Gasteiger partial charge is 0.390 e. The summed E-state index contributed by atoms with van der Waals surface area (Å²) in [7, 11) is 0. The molecule has 102 valence electrons. The van der Waals surface area contributed by atoms with Crippen LogP contribution >= 0.6 is 0 Å². The van der Waals surface area contributed by atoms with Gasteiger partial charge in [-0.2, -0.15) is 0 Å². The van der Waals surface area contributed by atoms with E-state index in [4.69, 9.17) is 4.74 Å². The Balaban J connectivity index is 2.28. The van der Waals surface area contributed by atoms with Gasteiger partial charge in [-0.15, -0.1) is 0 Å². The van der Waals surface area contributed by atoms with Gasteiger partial charge < -0.3 is 9.84 Å². The Morgan fingerprint density at radius 2 is 1.94 bits per heavy atom. The first kappa shape index (κ1) is 14.9. The lowest BCUT2D eigenvalue weighted by atomic mass is 10.0. The molecule has 17 heavy (non-hydrogen) atoms. The summed E-state index contributed by atoms with van der Waals surface area (Å²) < 4.78 is 5.69. The highest BCUT2D eigenvalue weighted by Gasteiger charge is 2.27. The zero-order valence-corrected chi connectivity index (χ0v) is 11.9. The van der Waals surface area contributed by atoms with Gasteiger partial charge in [-0.3, -0.25) is 4.90 Å². The second-order valence-electron chi connectivity index (χ2n) is 5.89. The molecule has 0 spiro atoms. The van der Waals surface area contributed by atoms with E-state index < -0.39 is 0 Å². The van der Waals surface area contributed by atoms with E-state index in [1.165, 1.54) is 6.42 Å². The summed E-state index contributed by atoms with van der Waals surface area (Å²) in [6, 6.07) is 0.546. The average molecular weight is 243 g/mol. The van der Waals surface area contributed by atoms with Crippen LogP contribution in [0, 0.1) is 5.92 Å². The first-order valence-corrected chi connectivity index (χ1v) is 7.04. The third kappa shape index (κ3) is 5.36. The van der Waals surface area contributed by atoms with Crippen molar-refractivity contribution in [1.82, 2.24) is 4.90 Å².